The lowest BCUT2D eigenvalue weighted by Gasteiger charge is -2.37. The minimum absolute atomic E-state index is 0.253. The van der Waals surface area contributed by atoms with Crippen LogP contribution in [0.1, 0.15) is 24.2 Å². The van der Waals surface area contributed by atoms with E-state index >= 15 is 0 Å². The molecule has 0 spiro atoms. The Morgan fingerprint density at radius 2 is 1.94 bits per heavy atom. The van der Waals surface area contributed by atoms with Gasteiger partial charge in [-0.05, 0) is 32.4 Å². The number of aliphatic hydroxyl groups is 1. The molecule has 5 nitrogen and oxygen atoms in total. The molecule has 2 N–H and O–H groups in total. The van der Waals surface area contributed by atoms with Gasteiger partial charge >= 0.3 is 0 Å². The topological polar surface area (TPSA) is 71.3 Å². The third-order valence-corrected chi connectivity index (χ3v) is 3.40. The molecule has 1 aromatic heterocycles. The van der Waals surface area contributed by atoms with Crippen molar-refractivity contribution in [3.05, 3.63) is 23.5 Å². The quantitative estimate of drug-likeness (QED) is 0.722. The normalized spacial score (nSPS) is 24.9. The second-order valence-corrected chi connectivity index (χ2v) is 4.52. The predicted octanol–water partition coefficient (Wildman–Crippen LogP) is 0.229. The van der Waals surface area contributed by atoms with Crippen LogP contribution in [0.25, 0.3) is 0 Å². The monoisotopic (exact) mass is 236 g/mol. The van der Waals surface area contributed by atoms with Crippen molar-refractivity contribution in [1.82, 2.24) is 9.88 Å². The zero-order chi connectivity index (χ0) is 12.6. The SMILES string of the molecule is Cc1ccc(C)n1C1(CO)CCC(=O)NC1=O. The lowest BCUT2D eigenvalue weighted by atomic mass is 9.88. The van der Waals surface area contributed by atoms with E-state index in [0.29, 0.717) is 6.42 Å². The van der Waals surface area contributed by atoms with Gasteiger partial charge in [0.15, 0.2) is 0 Å². The molecule has 2 heterocycles. The highest BCUT2D eigenvalue weighted by atomic mass is 16.3. The van der Waals surface area contributed by atoms with Gasteiger partial charge in [0.2, 0.25) is 5.91 Å². The molecule has 0 aliphatic carbocycles. The first-order chi connectivity index (χ1) is 8.01. The number of nitrogens with zero attached hydrogens (tertiary/aromatic N) is 1. The van der Waals surface area contributed by atoms with Crippen LogP contribution in [0.3, 0.4) is 0 Å². The van der Waals surface area contributed by atoms with Crippen molar-refractivity contribution < 1.29 is 14.7 Å². The second kappa shape index (κ2) is 4.00. The van der Waals surface area contributed by atoms with Crippen molar-refractivity contribution in [2.24, 2.45) is 0 Å². The Morgan fingerprint density at radius 1 is 1.35 bits per heavy atom. The van der Waals surface area contributed by atoms with Crippen molar-refractivity contribution >= 4 is 11.8 Å². The molecule has 0 radical (unpaired) electrons. The van der Waals surface area contributed by atoms with Crippen molar-refractivity contribution in [1.29, 1.82) is 0 Å². The number of nitrogens with one attached hydrogen (secondary N) is 1. The van der Waals surface area contributed by atoms with Crippen molar-refractivity contribution in [2.75, 3.05) is 6.61 Å². The summed E-state index contributed by atoms with van der Waals surface area (Å²) < 4.78 is 1.81. The Balaban J connectivity index is 2.52. The Labute approximate surface area is 99.4 Å². The number of hydrogen-bond donors (Lipinski definition) is 2. The predicted molar refractivity (Wildman–Crippen MR) is 61.3 cm³/mol. The van der Waals surface area contributed by atoms with Crippen LogP contribution in [0.15, 0.2) is 12.1 Å². The van der Waals surface area contributed by atoms with E-state index in [9.17, 15) is 14.7 Å². The van der Waals surface area contributed by atoms with Gasteiger partial charge in [-0.1, -0.05) is 0 Å². The van der Waals surface area contributed by atoms with Crippen LogP contribution in [-0.4, -0.2) is 28.1 Å². The van der Waals surface area contributed by atoms with E-state index in [1.807, 2.05) is 30.5 Å². The van der Waals surface area contributed by atoms with Crippen LogP contribution in [-0.2, 0) is 15.1 Å². The smallest absolute Gasteiger partial charge is 0.255 e. The molecule has 0 bridgehead atoms. The minimum atomic E-state index is -1.04. The minimum Gasteiger partial charge on any atom is -0.393 e. The maximum absolute atomic E-state index is 12.0. The highest BCUT2D eigenvalue weighted by molar-refractivity contribution is 6.01. The fourth-order valence-corrected chi connectivity index (χ4v) is 2.52. The molecule has 1 atom stereocenters. The fraction of sp³-hybridized carbons (Fsp3) is 0.500. The molecule has 2 rings (SSSR count). The summed E-state index contributed by atoms with van der Waals surface area (Å²) in [5.41, 5.74) is 0.771. The highest BCUT2D eigenvalue weighted by Crippen LogP contribution is 2.30. The van der Waals surface area contributed by atoms with E-state index in [4.69, 9.17) is 0 Å². The number of aryl methyl sites for hydroxylation is 2. The van der Waals surface area contributed by atoms with Gasteiger partial charge in [-0.3, -0.25) is 14.9 Å². The number of imide groups is 1. The molecule has 17 heavy (non-hydrogen) atoms. The van der Waals surface area contributed by atoms with Crippen molar-refractivity contribution in [2.45, 2.75) is 32.2 Å². The molecule has 2 amide bonds. The Kier molecular flexibility index (Phi) is 2.79. The second-order valence-electron chi connectivity index (χ2n) is 4.52. The fourth-order valence-electron chi connectivity index (χ4n) is 2.52. The van der Waals surface area contributed by atoms with Crippen molar-refractivity contribution in [3.63, 3.8) is 0 Å². The maximum atomic E-state index is 12.0. The number of amides is 2. The molecule has 0 saturated carbocycles. The van der Waals surface area contributed by atoms with Gasteiger partial charge in [-0.2, -0.15) is 0 Å². The largest absolute Gasteiger partial charge is 0.393 e. The van der Waals surface area contributed by atoms with Crippen LogP contribution >= 0.6 is 0 Å². The van der Waals surface area contributed by atoms with E-state index in [-0.39, 0.29) is 18.9 Å². The zero-order valence-corrected chi connectivity index (χ0v) is 9.99. The summed E-state index contributed by atoms with van der Waals surface area (Å²) in [5, 5.41) is 11.9. The summed E-state index contributed by atoms with van der Waals surface area (Å²) in [6, 6.07) is 3.80. The molecule has 1 aromatic rings. The first kappa shape index (κ1) is 11.9. The Bertz CT molecular complexity index is 459. The third kappa shape index (κ3) is 1.67. The number of hydrogen-bond acceptors (Lipinski definition) is 3. The summed E-state index contributed by atoms with van der Waals surface area (Å²) in [5.74, 6) is -0.694. The molecule has 1 fully saturated rings. The molecule has 1 aliphatic rings. The number of rotatable bonds is 2. The summed E-state index contributed by atoms with van der Waals surface area (Å²) in [6.45, 7) is 3.46. The highest BCUT2D eigenvalue weighted by Gasteiger charge is 2.44. The summed E-state index contributed by atoms with van der Waals surface area (Å²) >= 11 is 0. The van der Waals surface area contributed by atoms with Gasteiger partial charge in [0, 0.05) is 17.8 Å². The van der Waals surface area contributed by atoms with Gasteiger partial charge in [-0.15, -0.1) is 0 Å². The lowest BCUT2D eigenvalue weighted by molar-refractivity contribution is -0.142. The van der Waals surface area contributed by atoms with E-state index < -0.39 is 11.4 Å². The van der Waals surface area contributed by atoms with Crippen LogP contribution in [0.2, 0.25) is 0 Å². The number of aliphatic hydroxyl groups excluding tert-OH is 1. The summed E-state index contributed by atoms with van der Waals surface area (Å²) in [4.78, 5) is 23.2. The zero-order valence-electron chi connectivity index (χ0n) is 9.99. The molecule has 92 valence electrons. The molecule has 0 aromatic carbocycles. The number of carbonyl (C=O) groups is 2. The lowest BCUT2D eigenvalue weighted by Crippen LogP contribution is -2.57. The van der Waals surface area contributed by atoms with E-state index in [2.05, 4.69) is 5.32 Å². The number of aromatic nitrogens is 1. The van der Waals surface area contributed by atoms with E-state index in [1.165, 1.54) is 0 Å². The average molecular weight is 236 g/mol. The first-order valence-electron chi connectivity index (χ1n) is 5.62. The summed E-state index contributed by atoms with van der Waals surface area (Å²) in [6.07, 6.45) is 0.591. The summed E-state index contributed by atoms with van der Waals surface area (Å²) in [7, 11) is 0. The van der Waals surface area contributed by atoms with Gasteiger partial charge < -0.3 is 9.67 Å². The molecule has 1 saturated heterocycles. The first-order valence-corrected chi connectivity index (χ1v) is 5.62. The Morgan fingerprint density at radius 3 is 2.41 bits per heavy atom. The van der Waals surface area contributed by atoms with Crippen LogP contribution in [0.4, 0.5) is 0 Å². The molecule has 1 aliphatic heterocycles. The molecule has 1 unspecified atom stereocenters. The number of carbonyl (C=O) groups excluding carboxylic acids is 2. The number of piperidine rings is 1. The van der Waals surface area contributed by atoms with Crippen LogP contribution in [0.5, 0.6) is 0 Å². The van der Waals surface area contributed by atoms with Crippen LogP contribution < -0.4 is 5.32 Å². The van der Waals surface area contributed by atoms with E-state index in [0.717, 1.165) is 11.4 Å². The standard InChI is InChI=1S/C12H16N2O3/c1-8-3-4-9(2)14(8)12(7-15)6-5-10(16)13-11(12)17/h3-4,15H,5-7H2,1-2H3,(H,13,16,17). The molecular weight excluding hydrogens is 220 g/mol. The third-order valence-electron chi connectivity index (χ3n) is 3.40. The maximum Gasteiger partial charge on any atom is 0.255 e. The van der Waals surface area contributed by atoms with Crippen LogP contribution in [0, 0.1) is 13.8 Å². The van der Waals surface area contributed by atoms with Gasteiger partial charge in [0.05, 0.1) is 6.61 Å². The average Bonchev–Trinajstić information content (AvgIpc) is 2.61. The van der Waals surface area contributed by atoms with Gasteiger partial charge in [0.25, 0.3) is 5.91 Å². The van der Waals surface area contributed by atoms with Gasteiger partial charge in [0.1, 0.15) is 5.54 Å². The molecular formula is C12H16N2O3. The van der Waals surface area contributed by atoms with Gasteiger partial charge in [-0.25, -0.2) is 0 Å². The van der Waals surface area contributed by atoms with E-state index in [1.54, 1.807) is 0 Å². The Hall–Kier alpha value is -1.62. The molecule has 5 heteroatoms. The van der Waals surface area contributed by atoms with Crippen molar-refractivity contribution in [3.8, 4) is 0 Å².